The highest BCUT2D eigenvalue weighted by Gasteiger charge is 2.08. The van der Waals surface area contributed by atoms with Crippen molar-refractivity contribution in [3.8, 4) is 0 Å². The third kappa shape index (κ3) is 3.53. The van der Waals surface area contributed by atoms with E-state index in [0.717, 1.165) is 18.2 Å². The van der Waals surface area contributed by atoms with Crippen molar-refractivity contribution in [2.75, 3.05) is 5.32 Å². The summed E-state index contributed by atoms with van der Waals surface area (Å²) in [6, 6.07) is 2.38. The van der Waals surface area contributed by atoms with Gasteiger partial charge in [0.25, 0.3) is 0 Å². The molecule has 7 heteroatoms. The summed E-state index contributed by atoms with van der Waals surface area (Å²) in [5, 5.41) is 8.94. The number of nitrogens with one attached hydrogen (secondary N) is 2. The molecule has 0 bridgehead atoms. The normalized spacial score (nSPS) is 10.3. The van der Waals surface area contributed by atoms with Crippen LogP contribution in [0, 0.1) is 11.6 Å². The van der Waals surface area contributed by atoms with Crippen molar-refractivity contribution in [3.63, 3.8) is 0 Å². The number of nitrogens with zero attached hydrogens (tertiary/aromatic N) is 2. The first-order chi connectivity index (χ1) is 9.58. The largest absolute Gasteiger partial charge is 0.334 e. The van der Waals surface area contributed by atoms with Gasteiger partial charge in [-0.05, 0) is 19.1 Å². The topological polar surface area (TPSA) is 59.0 Å². The van der Waals surface area contributed by atoms with E-state index in [4.69, 9.17) is 0 Å². The molecule has 1 aromatic carbocycles. The molecule has 5 nitrogen and oxygen atoms in total. The van der Waals surface area contributed by atoms with Crippen LogP contribution < -0.4 is 10.6 Å². The Bertz CT molecular complexity index is 612. The summed E-state index contributed by atoms with van der Waals surface area (Å²) >= 11 is 0. The van der Waals surface area contributed by atoms with Gasteiger partial charge in [-0.1, -0.05) is 0 Å². The van der Waals surface area contributed by atoms with Crippen molar-refractivity contribution >= 4 is 11.7 Å². The van der Waals surface area contributed by atoms with Crippen LogP contribution in [0.3, 0.4) is 0 Å². The average molecular weight is 280 g/mol. The van der Waals surface area contributed by atoms with E-state index in [0.29, 0.717) is 6.07 Å². The lowest BCUT2D eigenvalue weighted by Crippen LogP contribution is -2.28. The number of urea groups is 1. The number of hydrogen-bond acceptors (Lipinski definition) is 2. The van der Waals surface area contributed by atoms with Crippen molar-refractivity contribution in [1.82, 2.24) is 15.1 Å². The first-order valence-corrected chi connectivity index (χ1v) is 6.09. The zero-order valence-electron chi connectivity index (χ0n) is 10.9. The van der Waals surface area contributed by atoms with Crippen LogP contribution in [0.4, 0.5) is 19.3 Å². The number of carbonyl (C=O) groups is 1. The van der Waals surface area contributed by atoms with E-state index >= 15 is 0 Å². The van der Waals surface area contributed by atoms with Gasteiger partial charge < -0.3 is 10.6 Å². The molecule has 0 aliphatic rings. The summed E-state index contributed by atoms with van der Waals surface area (Å²) in [6.07, 6.45) is 3.45. The molecule has 1 heterocycles. The first kappa shape index (κ1) is 14.0. The maximum atomic E-state index is 13.3. The van der Waals surface area contributed by atoms with Crippen LogP contribution in [0.15, 0.2) is 30.6 Å². The number of benzene rings is 1. The SMILES string of the molecule is CCn1cc(CNC(=O)Nc2ccc(F)cc2F)cn1. The fourth-order valence-electron chi connectivity index (χ4n) is 1.61. The van der Waals surface area contributed by atoms with E-state index in [1.807, 2.05) is 6.92 Å². The number of aryl methyl sites for hydroxylation is 1. The molecule has 2 amide bonds. The smallest absolute Gasteiger partial charge is 0.319 e. The Morgan fingerprint density at radius 2 is 2.20 bits per heavy atom. The summed E-state index contributed by atoms with van der Waals surface area (Å²) < 4.78 is 27.8. The standard InChI is InChI=1S/C13H14F2N4O/c1-2-19-8-9(7-17-19)6-16-13(20)18-12-4-3-10(14)5-11(12)15/h3-5,7-8H,2,6H2,1H3,(H2,16,18,20). The average Bonchev–Trinajstić information content (AvgIpc) is 2.88. The van der Waals surface area contributed by atoms with Crippen LogP contribution in [0.2, 0.25) is 0 Å². The first-order valence-electron chi connectivity index (χ1n) is 6.09. The number of halogens is 2. The fourth-order valence-corrected chi connectivity index (χ4v) is 1.61. The zero-order chi connectivity index (χ0) is 14.5. The van der Waals surface area contributed by atoms with Gasteiger partial charge in [-0.2, -0.15) is 5.10 Å². The Balaban J connectivity index is 1.89. The molecule has 0 unspecified atom stereocenters. The van der Waals surface area contributed by atoms with Gasteiger partial charge >= 0.3 is 6.03 Å². The lowest BCUT2D eigenvalue weighted by molar-refractivity contribution is 0.251. The lowest BCUT2D eigenvalue weighted by Gasteiger charge is -2.07. The minimum Gasteiger partial charge on any atom is -0.334 e. The molecular formula is C13H14F2N4O. The highest BCUT2D eigenvalue weighted by molar-refractivity contribution is 5.89. The van der Waals surface area contributed by atoms with Crippen LogP contribution in [-0.4, -0.2) is 15.8 Å². The number of anilines is 1. The molecule has 0 atom stereocenters. The van der Waals surface area contributed by atoms with Crippen molar-refractivity contribution in [3.05, 3.63) is 47.8 Å². The molecule has 20 heavy (non-hydrogen) atoms. The third-order valence-electron chi connectivity index (χ3n) is 2.64. The molecule has 2 N–H and O–H groups in total. The third-order valence-corrected chi connectivity index (χ3v) is 2.64. The molecule has 0 saturated carbocycles. The van der Waals surface area contributed by atoms with Crippen LogP contribution >= 0.6 is 0 Å². The van der Waals surface area contributed by atoms with Crippen LogP contribution in [-0.2, 0) is 13.1 Å². The number of rotatable bonds is 4. The van der Waals surface area contributed by atoms with E-state index in [9.17, 15) is 13.6 Å². The second-order valence-corrected chi connectivity index (χ2v) is 4.14. The molecule has 2 rings (SSSR count). The van der Waals surface area contributed by atoms with Gasteiger partial charge in [-0.3, -0.25) is 4.68 Å². The summed E-state index contributed by atoms with van der Waals surface area (Å²) in [4.78, 5) is 11.6. The maximum Gasteiger partial charge on any atom is 0.319 e. The monoisotopic (exact) mass is 280 g/mol. The molecule has 0 fully saturated rings. The summed E-state index contributed by atoms with van der Waals surface area (Å²) in [6.45, 7) is 2.97. The predicted molar refractivity (Wildman–Crippen MR) is 70.1 cm³/mol. The second-order valence-electron chi connectivity index (χ2n) is 4.14. The van der Waals surface area contributed by atoms with Crippen LogP contribution in [0.25, 0.3) is 0 Å². The van der Waals surface area contributed by atoms with Gasteiger partial charge in [0, 0.05) is 30.9 Å². The molecule has 0 aliphatic heterocycles. The quantitative estimate of drug-likeness (QED) is 0.904. The van der Waals surface area contributed by atoms with E-state index in [1.165, 1.54) is 6.07 Å². The molecule has 0 radical (unpaired) electrons. The van der Waals surface area contributed by atoms with Gasteiger partial charge in [-0.25, -0.2) is 13.6 Å². The highest BCUT2D eigenvalue weighted by Crippen LogP contribution is 2.14. The van der Waals surface area contributed by atoms with Gasteiger partial charge in [0.1, 0.15) is 11.6 Å². The fraction of sp³-hybridized carbons (Fsp3) is 0.231. The van der Waals surface area contributed by atoms with Crippen LogP contribution in [0.1, 0.15) is 12.5 Å². The zero-order valence-corrected chi connectivity index (χ0v) is 10.9. The summed E-state index contributed by atoms with van der Waals surface area (Å²) in [7, 11) is 0. The minimum atomic E-state index is -0.820. The van der Waals surface area contributed by atoms with Crippen molar-refractivity contribution in [2.45, 2.75) is 20.0 Å². The van der Waals surface area contributed by atoms with Gasteiger partial charge in [-0.15, -0.1) is 0 Å². The van der Waals surface area contributed by atoms with Crippen molar-refractivity contribution < 1.29 is 13.6 Å². The molecule has 0 saturated heterocycles. The number of aromatic nitrogens is 2. The second kappa shape index (κ2) is 6.14. The minimum absolute atomic E-state index is 0.0758. The molecule has 106 valence electrons. The molecule has 0 aliphatic carbocycles. The highest BCUT2D eigenvalue weighted by atomic mass is 19.1. The van der Waals surface area contributed by atoms with Gasteiger partial charge in [0.15, 0.2) is 0 Å². The number of amides is 2. The molecule has 2 aromatic rings. The lowest BCUT2D eigenvalue weighted by atomic mass is 10.3. The molecule has 1 aromatic heterocycles. The van der Waals surface area contributed by atoms with E-state index < -0.39 is 17.7 Å². The summed E-state index contributed by atoms with van der Waals surface area (Å²) in [5.41, 5.74) is 0.759. The van der Waals surface area contributed by atoms with E-state index in [2.05, 4.69) is 15.7 Å². The number of hydrogen-bond donors (Lipinski definition) is 2. The Morgan fingerprint density at radius 3 is 2.85 bits per heavy atom. The Morgan fingerprint density at radius 1 is 1.40 bits per heavy atom. The Hall–Kier alpha value is -2.44. The summed E-state index contributed by atoms with van der Waals surface area (Å²) in [5.74, 6) is -1.51. The van der Waals surface area contributed by atoms with Gasteiger partial charge in [0.2, 0.25) is 0 Å². The predicted octanol–water partition coefficient (Wildman–Crippen LogP) is 2.50. The Kier molecular flexibility index (Phi) is 4.29. The molecular weight excluding hydrogens is 266 g/mol. The number of carbonyl (C=O) groups excluding carboxylic acids is 1. The van der Waals surface area contributed by atoms with Crippen molar-refractivity contribution in [2.24, 2.45) is 0 Å². The Labute approximate surface area is 114 Å². The maximum absolute atomic E-state index is 13.3. The van der Waals surface area contributed by atoms with Crippen molar-refractivity contribution in [1.29, 1.82) is 0 Å². The molecule has 0 spiro atoms. The van der Waals surface area contributed by atoms with E-state index in [1.54, 1.807) is 17.1 Å². The van der Waals surface area contributed by atoms with Gasteiger partial charge in [0.05, 0.1) is 11.9 Å². The van der Waals surface area contributed by atoms with E-state index in [-0.39, 0.29) is 12.2 Å². The van der Waals surface area contributed by atoms with Crippen LogP contribution in [0.5, 0.6) is 0 Å².